The van der Waals surface area contributed by atoms with Crippen LogP contribution in [0, 0.1) is 5.92 Å². The highest BCUT2D eigenvalue weighted by molar-refractivity contribution is 5.91. The summed E-state index contributed by atoms with van der Waals surface area (Å²) in [6.07, 6.45) is -1.38. The zero-order valence-corrected chi connectivity index (χ0v) is 18.5. The minimum absolute atomic E-state index is 0.0105. The third-order valence-corrected chi connectivity index (χ3v) is 4.66. The van der Waals surface area contributed by atoms with Crippen molar-refractivity contribution in [1.82, 2.24) is 10.6 Å². The van der Waals surface area contributed by atoms with Crippen LogP contribution in [0.25, 0.3) is 0 Å². The van der Waals surface area contributed by atoms with Gasteiger partial charge in [-0.3, -0.25) is 9.59 Å². The molecule has 9 heteroatoms. The Balaban J connectivity index is 1.89. The zero-order valence-electron chi connectivity index (χ0n) is 18.5. The summed E-state index contributed by atoms with van der Waals surface area (Å²) in [6.45, 7) is 3.38. The van der Waals surface area contributed by atoms with Crippen LogP contribution in [0.3, 0.4) is 0 Å². The Hall–Kier alpha value is -3.88. The van der Waals surface area contributed by atoms with E-state index in [1.807, 2.05) is 12.1 Å². The zero-order chi connectivity index (χ0) is 24.2. The van der Waals surface area contributed by atoms with E-state index >= 15 is 0 Å². The van der Waals surface area contributed by atoms with E-state index in [2.05, 4.69) is 10.6 Å². The van der Waals surface area contributed by atoms with E-state index in [1.54, 1.807) is 62.4 Å². The number of rotatable bonds is 11. The standard InChI is InChI=1S/C24H28N2O7/c1-16(2)21(26-24(31)33-15-18-11-7-4-8-12-18)22(28)25-19(23(29)30)13-20(27)32-14-17-9-5-3-6-10-17/h3-12,16,19,21H,13-15H2,1-2H3,(H,25,28)(H,26,31)(H,29,30)/t19-,21-/m1/s1. The van der Waals surface area contributed by atoms with E-state index in [0.717, 1.165) is 11.1 Å². The number of carbonyl (C=O) groups excluding carboxylic acids is 3. The summed E-state index contributed by atoms with van der Waals surface area (Å²) in [5.41, 5.74) is 1.53. The number of nitrogens with one attached hydrogen (secondary N) is 2. The van der Waals surface area contributed by atoms with Crippen LogP contribution in [-0.2, 0) is 37.1 Å². The van der Waals surface area contributed by atoms with Gasteiger partial charge in [0.25, 0.3) is 0 Å². The molecule has 0 saturated heterocycles. The van der Waals surface area contributed by atoms with Gasteiger partial charge in [-0.25, -0.2) is 9.59 Å². The molecule has 33 heavy (non-hydrogen) atoms. The number of benzene rings is 2. The molecule has 0 bridgehead atoms. The highest BCUT2D eigenvalue weighted by atomic mass is 16.5. The average Bonchev–Trinajstić information content (AvgIpc) is 2.80. The van der Waals surface area contributed by atoms with Crippen LogP contribution < -0.4 is 10.6 Å². The summed E-state index contributed by atoms with van der Waals surface area (Å²) in [5.74, 6) is -3.28. The molecule has 0 fully saturated rings. The lowest BCUT2D eigenvalue weighted by atomic mass is 10.0. The number of hydrogen-bond acceptors (Lipinski definition) is 6. The average molecular weight is 456 g/mol. The fourth-order valence-corrected chi connectivity index (χ4v) is 2.85. The third-order valence-electron chi connectivity index (χ3n) is 4.66. The second-order valence-electron chi connectivity index (χ2n) is 7.68. The maximum Gasteiger partial charge on any atom is 0.408 e. The number of carboxylic acid groups (broad SMARTS) is 1. The fraction of sp³-hybridized carbons (Fsp3) is 0.333. The summed E-state index contributed by atoms with van der Waals surface area (Å²) < 4.78 is 10.2. The molecule has 2 amide bonds. The normalized spacial score (nSPS) is 12.3. The van der Waals surface area contributed by atoms with Crippen molar-refractivity contribution in [2.45, 2.75) is 45.6 Å². The van der Waals surface area contributed by atoms with E-state index < -0.39 is 42.4 Å². The lowest BCUT2D eigenvalue weighted by Crippen LogP contribution is -2.54. The molecule has 9 nitrogen and oxygen atoms in total. The SMILES string of the molecule is CC(C)[C@@H](NC(=O)OCc1ccccc1)C(=O)N[C@H](CC(=O)OCc1ccccc1)C(=O)O. The molecule has 0 heterocycles. The molecule has 0 aliphatic heterocycles. The van der Waals surface area contributed by atoms with Gasteiger partial charge in [0.15, 0.2) is 0 Å². The number of hydrogen-bond donors (Lipinski definition) is 3. The van der Waals surface area contributed by atoms with Crippen LogP contribution in [0.5, 0.6) is 0 Å². The van der Waals surface area contributed by atoms with Crippen LogP contribution in [-0.4, -0.2) is 41.1 Å². The Morgan fingerprint density at radius 2 is 1.33 bits per heavy atom. The maximum absolute atomic E-state index is 12.7. The lowest BCUT2D eigenvalue weighted by Gasteiger charge is -2.23. The van der Waals surface area contributed by atoms with E-state index in [1.165, 1.54) is 0 Å². The molecule has 0 aliphatic rings. The molecule has 0 unspecified atom stereocenters. The molecule has 2 atom stereocenters. The number of ether oxygens (including phenoxy) is 2. The fourth-order valence-electron chi connectivity index (χ4n) is 2.85. The van der Waals surface area contributed by atoms with Crippen LogP contribution in [0.1, 0.15) is 31.4 Å². The monoisotopic (exact) mass is 456 g/mol. The number of carboxylic acids is 1. The molecular formula is C24H28N2O7. The first-order valence-electron chi connectivity index (χ1n) is 10.5. The van der Waals surface area contributed by atoms with Crippen LogP contribution in [0.15, 0.2) is 60.7 Å². The Labute approximate surface area is 192 Å². The van der Waals surface area contributed by atoms with Gasteiger partial charge >= 0.3 is 18.0 Å². The first kappa shape index (κ1) is 25.4. The second-order valence-corrected chi connectivity index (χ2v) is 7.68. The first-order valence-corrected chi connectivity index (χ1v) is 10.5. The minimum Gasteiger partial charge on any atom is -0.480 e. The maximum atomic E-state index is 12.7. The number of aliphatic carboxylic acids is 1. The van der Waals surface area contributed by atoms with E-state index in [-0.39, 0.29) is 19.1 Å². The summed E-state index contributed by atoms with van der Waals surface area (Å²) >= 11 is 0. The lowest BCUT2D eigenvalue weighted by molar-refractivity contribution is -0.151. The molecule has 176 valence electrons. The molecule has 0 radical (unpaired) electrons. The van der Waals surface area contributed by atoms with Gasteiger partial charge in [0, 0.05) is 0 Å². The first-order chi connectivity index (χ1) is 15.8. The van der Waals surface area contributed by atoms with Crippen molar-refractivity contribution in [3.05, 3.63) is 71.8 Å². The number of alkyl carbamates (subject to hydrolysis) is 1. The molecule has 0 spiro atoms. The van der Waals surface area contributed by atoms with Crippen LogP contribution in [0.4, 0.5) is 4.79 Å². The van der Waals surface area contributed by atoms with E-state index in [0.29, 0.717) is 0 Å². The number of carbonyl (C=O) groups is 4. The van der Waals surface area contributed by atoms with E-state index in [9.17, 15) is 24.3 Å². The number of esters is 1. The van der Waals surface area contributed by atoms with Crippen LogP contribution >= 0.6 is 0 Å². The van der Waals surface area contributed by atoms with Gasteiger partial charge in [-0.05, 0) is 17.0 Å². The van der Waals surface area contributed by atoms with Gasteiger partial charge < -0.3 is 25.2 Å². The highest BCUT2D eigenvalue weighted by Crippen LogP contribution is 2.07. The molecular weight excluding hydrogens is 428 g/mol. The van der Waals surface area contributed by atoms with E-state index in [4.69, 9.17) is 9.47 Å². The highest BCUT2D eigenvalue weighted by Gasteiger charge is 2.30. The van der Waals surface area contributed by atoms with Crippen molar-refractivity contribution in [2.75, 3.05) is 0 Å². The van der Waals surface area contributed by atoms with Gasteiger partial charge in [0.2, 0.25) is 5.91 Å². The quantitative estimate of drug-likeness (QED) is 0.443. The Kier molecular flexibility index (Phi) is 9.88. The second kappa shape index (κ2) is 12.8. The largest absolute Gasteiger partial charge is 0.480 e. The predicted octanol–water partition coefficient (Wildman–Crippen LogP) is 2.64. The Morgan fingerprint density at radius 1 is 0.818 bits per heavy atom. The molecule has 2 rings (SSSR count). The van der Waals surface area contributed by atoms with Crippen LogP contribution in [0.2, 0.25) is 0 Å². The van der Waals surface area contributed by atoms with Gasteiger partial charge in [-0.15, -0.1) is 0 Å². The molecule has 3 N–H and O–H groups in total. The number of amides is 2. The van der Waals surface area contributed by atoms with Crippen molar-refractivity contribution >= 4 is 23.9 Å². The molecule has 0 saturated carbocycles. The van der Waals surface area contributed by atoms with Gasteiger partial charge in [0.05, 0.1) is 6.42 Å². The topological polar surface area (TPSA) is 131 Å². The summed E-state index contributed by atoms with van der Waals surface area (Å²) in [6, 6.07) is 15.4. The summed E-state index contributed by atoms with van der Waals surface area (Å²) in [7, 11) is 0. The van der Waals surface area contributed by atoms with Crippen molar-refractivity contribution < 1.29 is 33.8 Å². The molecule has 2 aromatic rings. The Morgan fingerprint density at radius 3 is 1.82 bits per heavy atom. The van der Waals surface area contributed by atoms with Gasteiger partial charge in [-0.2, -0.15) is 0 Å². The van der Waals surface area contributed by atoms with Gasteiger partial charge in [-0.1, -0.05) is 74.5 Å². The third kappa shape index (κ3) is 9.02. The Bertz CT molecular complexity index is 932. The van der Waals surface area contributed by atoms with Gasteiger partial charge in [0.1, 0.15) is 25.3 Å². The predicted molar refractivity (Wildman–Crippen MR) is 119 cm³/mol. The minimum atomic E-state index is -1.51. The molecule has 2 aromatic carbocycles. The van der Waals surface area contributed by atoms with Crippen molar-refractivity contribution in [3.63, 3.8) is 0 Å². The summed E-state index contributed by atoms with van der Waals surface area (Å²) in [5, 5.41) is 14.2. The smallest absolute Gasteiger partial charge is 0.408 e. The van der Waals surface area contributed by atoms with Crippen molar-refractivity contribution in [1.29, 1.82) is 0 Å². The molecule has 0 aromatic heterocycles. The van der Waals surface area contributed by atoms with Crippen molar-refractivity contribution in [2.24, 2.45) is 5.92 Å². The van der Waals surface area contributed by atoms with Crippen molar-refractivity contribution in [3.8, 4) is 0 Å². The summed E-state index contributed by atoms with van der Waals surface area (Å²) in [4.78, 5) is 48.5. The molecule has 0 aliphatic carbocycles.